The number of nitrogens with zero attached hydrogens (tertiary/aromatic N) is 1. The van der Waals surface area contributed by atoms with Gasteiger partial charge in [-0.25, -0.2) is 0 Å². The lowest BCUT2D eigenvalue weighted by atomic mass is 10.2. The fourth-order valence-corrected chi connectivity index (χ4v) is 1.21. The summed E-state index contributed by atoms with van der Waals surface area (Å²) < 4.78 is 39.5. The number of pyridine rings is 1. The average molecular weight is 282 g/mol. The molecular weight excluding hydrogens is 277 g/mol. The van der Waals surface area contributed by atoms with Crippen LogP contribution in [0.15, 0.2) is 10.9 Å². The average Bonchev–Trinajstić information content (AvgIpc) is 2.10. The van der Waals surface area contributed by atoms with Gasteiger partial charge in [-0.15, -0.1) is 13.2 Å². The first-order chi connectivity index (χ1) is 8.60. The van der Waals surface area contributed by atoms with Crippen LogP contribution in [-0.4, -0.2) is 27.3 Å². The summed E-state index contributed by atoms with van der Waals surface area (Å²) in [5.41, 5.74) is -3.39. The molecule has 0 radical (unpaired) electrons. The molecule has 2 N–H and O–H groups in total. The molecule has 19 heavy (non-hydrogen) atoms. The van der Waals surface area contributed by atoms with E-state index < -0.39 is 46.4 Å². The number of alkyl halides is 3. The SMILES string of the molecule is O=C(O)Cc1cc(OC(F)(F)F)c([N+](=O)[O-])c(=O)[nH]1. The Bertz CT molecular complexity index is 579. The number of H-pyrrole nitrogens is 1. The minimum Gasteiger partial charge on any atom is -0.481 e. The molecule has 0 aliphatic rings. The van der Waals surface area contributed by atoms with E-state index in [2.05, 4.69) is 4.74 Å². The van der Waals surface area contributed by atoms with Crippen molar-refractivity contribution < 1.29 is 32.7 Å². The van der Waals surface area contributed by atoms with Crippen molar-refractivity contribution >= 4 is 11.7 Å². The molecule has 11 heteroatoms. The highest BCUT2D eigenvalue weighted by atomic mass is 19.4. The molecule has 0 atom stereocenters. The predicted octanol–water partition coefficient (Wildman–Crippen LogP) is 0.809. The van der Waals surface area contributed by atoms with Crippen LogP contribution in [0.4, 0.5) is 18.9 Å². The summed E-state index contributed by atoms with van der Waals surface area (Å²) >= 11 is 0. The third kappa shape index (κ3) is 3.97. The number of carboxylic acid groups (broad SMARTS) is 1. The van der Waals surface area contributed by atoms with Gasteiger partial charge in [-0.2, -0.15) is 0 Å². The van der Waals surface area contributed by atoms with Gasteiger partial charge in [0.1, 0.15) is 0 Å². The molecule has 0 aromatic carbocycles. The molecule has 104 valence electrons. The Hall–Kier alpha value is -2.59. The van der Waals surface area contributed by atoms with E-state index in [-0.39, 0.29) is 0 Å². The molecule has 0 saturated carbocycles. The fourth-order valence-electron chi connectivity index (χ4n) is 1.21. The number of aliphatic carboxylic acids is 1. The molecule has 1 aromatic heterocycles. The number of carbonyl (C=O) groups is 1. The smallest absolute Gasteiger partial charge is 0.481 e. The lowest BCUT2D eigenvalue weighted by Crippen LogP contribution is -2.22. The topological polar surface area (TPSA) is 123 Å². The van der Waals surface area contributed by atoms with Crippen molar-refractivity contribution in [1.82, 2.24) is 4.98 Å². The van der Waals surface area contributed by atoms with Gasteiger partial charge in [-0.05, 0) is 0 Å². The Morgan fingerprint density at radius 3 is 2.53 bits per heavy atom. The number of nitrogens with one attached hydrogen (secondary N) is 1. The zero-order valence-electron chi connectivity index (χ0n) is 8.85. The lowest BCUT2D eigenvalue weighted by molar-refractivity contribution is -0.390. The van der Waals surface area contributed by atoms with E-state index >= 15 is 0 Å². The molecule has 0 unspecified atom stereocenters. The van der Waals surface area contributed by atoms with Gasteiger partial charge < -0.3 is 14.8 Å². The Kier molecular flexibility index (Phi) is 3.77. The van der Waals surface area contributed by atoms with Gasteiger partial charge >= 0.3 is 23.6 Å². The van der Waals surface area contributed by atoms with E-state index in [9.17, 15) is 32.9 Å². The van der Waals surface area contributed by atoms with Crippen LogP contribution in [0.3, 0.4) is 0 Å². The quantitative estimate of drug-likeness (QED) is 0.622. The Morgan fingerprint density at radius 2 is 2.11 bits per heavy atom. The molecule has 0 fully saturated rings. The van der Waals surface area contributed by atoms with Crippen LogP contribution in [0.25, 0.3) is 0 Å². The third-order valence-electron chi connectivity index (χ3n) is 1.78. The second-order valence-corrected chi connectivity index (χ2v) is 3.21. The Morgan fingerprint density at radius 1 is 1.53 bits per heavy atom. The van der Waals surface area contributed by atoms with Gasteiger partial charge in [0.25, 0.3) is 0 Å². The van der Waals surface area contributed by atoms with Crippen LogP contribution in [0.2, 0.25) is 0 Å². The van der Waals surface area contributed by atoms with E-state index in [0.717, 1.165) is 0 Å². The minimum atomic E-state index is -5.25. The molecule has 0 amide bonds. The first-order valence-corrected chi connectivity index (χ1v) is 4.48. The number of carboxylic acids is 1. The first kappa shape index (κ1) is 14.5. The predicted molar refractivity (Wildman–Crippen MR) is 51.7 cm³/mol. The van der Waals surface area contributed by atoms with Crippen LogP contribution in [0, 0.1) is 10.1 Å². The fraction of sp³-hybridized carbons (Fsp3) is 0.250. The standard InChI is InChI=1S/C8H5F3N2O6/c9-8(10,11)19-4-1-3(2-5(14)15)12-7(16)6(4)13(17)18/h1H,2H2,(H,12,16)(H,14,15). The van der Waals surface area contributed by atoms with Crippen molar-refractivity contribution in [3.05, 3.63) is 32.2 Å². The van der Waals surface area contributed by atoms with Crippen molar-refractivity contribution in [2.45, 2.75) is 12.8 Å². The number of ether oxygens (including phenoxy) is 1. The number of nitro groups is 1. The van der Waals surface area contributed by atoms with E-state index in [0.29, 0.717) is 6.07 Å². The number of aromatic amines is 1. The van der Waals surface area contributed by atoms with Gasteiger partial charge in [0.05, 0.1) is 11.3 Å². The second kappa shape index (κ2) is 4.96. The summed E-state index contributed by atoms with van der Waals surface area (Å²) in [5, 5.41) is 18.9. The molecular formula is C8H5F3N2O6. The Labute approximate surface area is 101 Å². The largest absolute Gasteiger partial charge is 0.573 e. The molecule has 0 aliphatic carbocycles. The number of aromatic nitrogens is 1. The van der Waals surface area contributed by atoms with E-state index in [1.807, 2.05) is 0 Å². The molecule has 1 heterocycles. The van der Waals surface area contributed by atoms with Gasteiger partial charge in [-0.1, -0.05) is 0 Å². The first-order valence-electron chi connectivity index (χ1n) is 4.48. The highest BCUT2D eigenvalue weighted by Gasteiger charge is 2.36. The van der Waals surface area contributed by atoms with E-state index in [4.69, 9.17) is 5.11 Å². The van der Waals surface area contributed by atoms with Crippen molar-refractivity contribution in [2.75, 3.05) is 0 Å². The van der Waals surface area contributed by atoms with Crippen LogP contribution >= 0.6 is 0 Å². The monoisotopic (exact) mass is 282 g/mol. The van der Waals surface area contributed by atoms with Gasteiger partial charge in [0.15, 0.2) is 0 Å². The van der Waals surface area contributed by atoms with Crippen molar-refractivity contribution in [3.8, 4) is 5.75 Å². The maximum absolute atomic E-state index is 12.0. The van der Waals surface area contributed by atoms with Crippen molar-refractivity contribution in [3.63, 3.8) is 0 Å². The minimum absolute atomic E-state index is 0.446. The molecule has 0 saturated heterocycles. The van der Waals surface area contributed by atoms with Crippen molar-refractivity contribution in [1.29, 1.82) is 0 Å². The van der Waals surface area contributed by atoms with E-state index in [1.54, 1.807) is 4.98 Å². The summed E-state index contributed by atoms with van der Waals surface area (Å²) in [6.07, 6.45) is -6.07. The molecule has 0 aliphatic heterocycles. The second-order valence-electron chi connectivity index (χ2n) is 3.21. The van der Waals surface area contributed by atoms with Gasteiger partial charge in [-0.3, -0.25) is 19.7 Å². The molecule has 1 rings (SSSR count). The number of rotatable bonds is 4. The van der Waals surface area contributed by atoms with E-state index in [1.165, 1.54) is 0 Å². The van der Waals surface area contributed by atoms with Crippen LogP contribution in [0.1, 0.15) is 5.69 Å². The van der Waals surface area contributed by atoms with Crippen LogP contribution < -0.4 is 10.3 Å². The van der Waals surface area contributed by atoms with Gasteiger partial charge in [0, 0.05) is 11.8 Å². The summed E-state index contributed by atoms with van der Waals surface area (Å²) in [7, 11) is 0. The zero-order valence-corrected chi connectivity index (χ0v) is 8.85. The number of hydrogen-bond acceptors (Lipinski definition) is 5. The maximum atomic E-state index is 12.0. The van der Waals surface area contributed by atoms with Gasteiger partial charge in [0.2, 0.25) is 5.75 Å². The summed E-state index contributed by atoms with van der Waals surface area (Å²) in [4.78, 5) is 32.5. The van der Waals surface area contributed by atoms with Crippen molar-refractivity contribution in [2.24, 2.45) is 0 Å². The molecule has 0 spiro atoms. The molecule has 8 nitrogen and oxygen atoms in total. The molecule has 1 aromatic rings. The zero-order chi connectivity index (χ0) is 14.8. The highest BCUT2D eigenvalue weighted by molar-refractivity contribution is 5.70. The van der Waals surface area contributed by atoms with Crippen LogP contribution in [0.5, 0.6) is 5.75 Å². The maximum Gasteiger partial charge on any atom is 0.573 e. The molecule has 0 bridgehead atoms. The van der Waals surface area contributed by atoms with Crippen LogP contribution in [-0.2, 0) is 11.2 Å². The normalized spacial score (nSPS) is 11.1. The highest BCUT2D eigenvalue weighted by Crippen LogP contribution is 2.29. The third-order valence-corrected chi connectivity index (χ3v) is 1.78. The Balaban J connectivity index is 3.37. The summed E-state index contributed by atoms with van der Waals surface area (Å²) in [5.74, 6) is -2.81. The number of hydrogen-bond donors (Lipinski definition) is 2. The summed E-state index contributed by atoms with van der Waals surface area (Å²) in [6, 6.07) is 0.446. The number of halogens is 3. The summed E-state index contributed by atoms with van der Waals surface area (Å²) in [6.45, 7) is 0. The lowest BCUT2D eigenvalue weighted by Gasteiger charge is -2.09.